The maximum absolute atomic E-state index is 12.3. The highest BCUT2D eigenvalue weighted by Gasteiger charge is 2.38. The molecule has 2 N–H and O–H groups in total. The molecule has 1 amide bonds. The number of carbonyl (C=O) groups excluding carboxylic acids is 1. The number of aliphatic hydroxyl groups is 1. The Morgan fingerprint density at radius 1 is 1.42 bits per heavy atom. The van der Waals surface area contributed by atoms with Gasteiger partial charge in [-0.1, -0.05) is 18.2 Å². The lowest BCUT2D eigenvalue weighted by atomic mass is 9.77. The van der Waals surface area contributed by atoms with Crippen molar-refractivity contribution >= 4 is 16.9 Å². The molecule has 0 radical (unpaired) electrons. The molecule has 3 rings (SSSR count). The fourth-order valence-electron chi connectivity index (χ4n) is 2.61. The van der Waals surface area contributed by atoms with E-state index in [-0.39, 0.29) is 12.5 Å². The SMILES string of the molecule is Cc1c(C(=O)NC2(CO)CCC2)oc2ccccc12. The van der Waals surface area contributed by atoms with Gasteiger partial charge in [-0.3, -0.25) is 4.79 Å². The number of nitrogens with one attached hydrogen (secondary N) is 1. The number of carbonyl (C=O) groups is 1. The molecule has 1 fully saturated rings. The highest BCUT2D eigenvalue weighted by atomic mass is 16.3. The Morgan fingerprint density at radius 3 is 2.74 bits per heavy atom. The number of aryl methyl sites for hydroxylation is 1. The lowest BCUT2D eigenvalue weighted by molar-refractivity contribution is 0.0620. The summed E-state index contributed by atoms with van der Waals surface area (Å²) in [6.07, 6.45) is 2.70. The highest BCUT2D eigenvalue weighted by molar-refractivity contribution is 5.99. The summed E-state index contributed by atoms with van der Waals surface area (Å²) >= 11 is 0. The second-order valence-corrected chi connectivity index (χ2v) is 5.30. The minimum Gasteiger partial charge on any atom is -0.451 e. The molecule has 1 aromatic heterocycles. The van der Waals surface area contributed by atoms with E-state index in [1.165, 1.54) is 0 Å². The Labute approximate surface area is 111 Å². The first-order valence-corrected chi connectivity index (χ1v) is 6.57. The normalized spacial score (nSPS) is 17.2. The van der Waals surface area contributed by atoms with Crippen molar-refractivity contribution in [3.05, 3.63) is 35.6 Å². The minimum atomic E-state index is -0.442. The number of para-hydroxylation sites is 1. The van der Waals surface area contributed by atoms with Crippen LogP contribution < -0.4 is 5.32 Å². The van der Waals surface area contributed by atoms with Crippen LogP contribution in [0.3, 0.4) is 0 Å². The van der Waals surface area contributed by atoms with Crippen LogP contribution in [0.2, 0.25) is 0 Å². The van der Waals surface area contributed by atoms with Crippen molar-refractivity contribution in [1.29, 1.82) is 0 Å². The highest BCUT2D eigenvalue weighted by Crippen LogP contribution is 2.32. The van der Waals surface area contributed by atoms with Crippen LogP contribution in [0.15, 0.2) is 28.7 Å². The summed E-state index contributed by atoms with van der Waals surface area (Å²) in [6, 6.07) is 7.60. The number of hydrogen-bond acceptors (Lipinski definition) is 3. The van der Waals surface area contributed by atoms with Gasteiger partial charge in [0.25, 0.3) is 5.91 Å². The average Bonchev–Trinajstić information content (AvgIpc) is 2.72. The molecule has 0 saturated heterocycles. The number of amides is 1. The molecular formula is C15H17NO3. The van der Waals surface area contributed by atoms with E-state index in [1.54, 1.807) is 0 Å². The van der Waals surface area contributed by atoms with Crippen LogP contribution in [-0.4, -0.2) is 23.2 Å². The maximum Gasteiger partial charge on any atom is 0.287 e. The second-order valence-electron chi connectivity index (χ2n) is 5.30. The summed E-state index contributed by atoms with van der Waals surface area (Å²) in [7, 11) is 0. The van der Waals surface area contributed by atoms with Crippen LogP contribution in [0.4, 0.5) is 0 Å². The Bertz CT molecular complexity index is 620. The van der Waals surface area contributed by atoms with Gasteiger partial charge in [-0.05, 0) is 32.3 Å². The van der Waals surface area contributed by atoms with E-state index in [2.05, 4.69) is 5.32 Å². The standard InChI is InChI=1S/C15H17NO3/c1-10-11-5-2-3-6-12(11)19-13(10)14(18)16-15(9-17)7-4-8-15/h2-3,5-6,17H,4,7-9H2,1H3,(H,16,18). The van der Waals surface area contributed by atoms with E-state index >= 15 is 0 Å². The lowest BCUT2D eigenvalue weighted by Crippen LogP contribution is -2.56. The first-order valence-electron chi connectivity index (χ1n) is 6.57. The van der Waals surface area contributed by atoms with Gasteiger partial charge in [-0.25, -0.2) is 0 Å². The summed E-state index contributed by atoms with van der Waals surface area (Å²) in [5, 5.41) is 13.3. The molecule has 2 aromatic rings. The monoisotopic (exact) mass is 259 g/mol. The number of benzene rings is 1. The molecule has 0 bridgehead atoms. The zero-order chi connectivity index (χ0) is 13.5. The van der Waals surface area contributed by atoms with Gasteiger partial charge >= 0.3 is 0 Å². The van der Waals surface area contributed by atoms with E-state index in [4.69, 9.17) is 4.42 Å². The summed E-state index contributed by atoms with van der Waals surface area (Å²) in [5.41, 5.74) is 1.12. The molecule has 100 valence electrons. The first kappa shape index (κ1) is 12.2. The van der Waals surface area contributed by atoms with E-state index < -0.39 is 5.54 Å². The second kappa shape index (κ2) is 4.38. The van der Waals surface area contributed by atoms with E-state index in [1.807, 2.05) is 31.2 Å². The van der Waals surface area contributed by atoms with Gasteiger partial charge in [-0.15, -0.1) is 0 Å². The maximum atomic E-state index is 12.3. The lowest BCUT2D eigenvalue weighted by Gasteiger charge is -2.40. The van der Waals surface area contributed by atoms with Crippen molar-refractivity contribution in [3.8, 4) is 0 Å². The van der Waals surface area contributed by atoms with Gasteiger partial charge in [0.1, 0.15) is 5.58 Å². The quantitative estimate of drug-likeness (QED) is 0.889. The predicted octanol–water partition coefficient (Wildman–Crippen LogP) is 2.39. The fourth-order valence-corrected chi connectivity index (χ4v) is 2.61. The molecular weight excluding hydrogens is 242 g/mol. The number of rotatable bonds is 3. The molecule has 1 saturated carbocycles. The van der Waals surface area contributed by atoms with Crippen LogP contribution in [0.1, 0.15) is 35.4 Å². The molecule has 19 heavy (non-hydrogen) atoms. The van der Waals surface area contributed by atoms with Crippen LogP contribution in [0.5, 0.6) is 0 Å². The van der Waals surface area contributed by atoms with E-state index in [0.717, 1.165) is 35.8 Å². The Hall–Kier alpha value is -1.81. The molecule has 0 spiro atoms. The molecule has 0 atom stereocenters. The van der Waals surface area contributed by atoms with Crippen molar-refractivity contribution in [1.82, 2.24) is 5.32 Å². The molecule has 1 heterocycles. The molecule has 4 heteroatoms. The number of fused-ring (bicyclic) bond motifs is 1. The largest absolute Gasteiger partial charge is 0.451 e. The number of aliphatic hydroxyl groups excluding tert-OH is 1. The van der Waals surface area contributed by atoms with E-state index in [9.17, 15) is 9.90 Å². The van der Waals surface area contributed by atoms with E-state index in [0.29, 0.717) is 5.76 Å². The van der Waals surface area contributed by atoms with Gasteiger partial charge in [0.15, 0.2) is 5.76 Å². The minimum absolute atomic E-state index is 0.0159. The Kier molecular flexibility index (Phi) is 2.82. The third-order valence-corrected chi connectivity index (χ3v) is 4.04. The molecule has 0 unspecified atom stereocenters. The summed E-state index contributed by atoms with van der Waals surface area (Å²) in [4.78, 5) is 12.3. The third-order valence-electron chi connectivity index (χ3n) is 4.04. The molecule has 1 aliphatic carbocycles. The van der Waals surface area contributed by atoms with Gasteiger partial charge < -0.3 is 14.8 Å². The fraction of sp³-hybridized carbons (Fsp3) is 0.400. The summed E-state index contributed by atoms with van der Waals surface area (Å²) in [5.74, 6) is 0.114. The number of furan rings is 1. The predicted molar refractivity (Wildman–Crippen MR) is 72.1 cm³/mol. The zero-order valence-electron chi connectivity index (χ0n) is 10.9. The Morgan fingerprint density at radius 2 is 2.16 bits per heavy atom. The van der Waals surface area contributed by atoms with Gasteiger partial charge in [-0.2, -0.15) is 0 Å². The average molecular weight is 259 g/mol. The van der Waals surface area contributed by atoms with Crippen molar-refractivity contribution < 1.29 is 14.3 Å². The molecule has 0 aliphatic heterocycles. The van der Waals surface area contributed by atoms with Crippen LogP contribution in [-0.2, 0) is 0 Å². The molecule has 1 aliphatic rings. The summed E-state index contributed by atoms with van der Waals surface area (Å²) < 4.78 is 5.63. The Balaban J connectivity index is 1.91. The summed E-state index contributed by atoms with van der Waals surface area (Å²) in [6.45, 7) is 1.87. The van der Waals surface area contributed by atoms with Crippen molar-refractivity contribution in [2.75, 3.05) is 6.61 Å². The van der Waals surface area contributed by atoms with Gasteiger partial charge in [0, 0.05) is 10.9 Å². The van der Waals surface area contributed by atoms with Crippen molar-refractivity contribution in [2.45, 2.75) is 31.7 Å². The van der Waals surface area contributed by atoms with Crippen molar-refractivity contribution in [2.24, 2.45) is 0 Å². The molecule has 4 nitrogen and oxygen atoms in total. The van der Waals surface area contributed by atoms with Crippen LogP contribution in [0.25, 0.3) is 11.0 Å². The topological polar surface area (TPSA) is 62.5 Å². The van der Waals surface area contributed by atoms with Gasteiger partial charge in [0.2, 0.25) is 0 Å². The zero-order valence-corrected chi connectivity index (χ0v) is 10.9. The number of hydrogen-bond donors (Lipinski definition) is 2. The molecule has 1 aromatic carbocycles. The van der Waals surface area contributed by atoms with Crippen LogP contribution in [0, 0.1) is 6.92 Å². The van der Waals surface area contributed by atoms with Crippen molar-refractivity contribution in [3.63, 3.8) is 0 Å². The van der Waals surface area contributed by atoms with Gasteiger partial charge in [0.05, 0.1) is 12.1 Å². The first-order chi connectivity index (χ1) is 9.15. The smallest absolute Gasteiger partial charge is 0.287 e. The van der Waals surface area contributed by atoms with Crippen LogP contribution >= 0.6 is 0 Å². The third kappa shape index (κ3) is 1.92.